The molecule has 0 radical (unpaired) electrons. The highest BCUT2D eigenvalue weighted by atomic mass is 16.2. The molecule has 2 aromatic heterocycles. The van der Waals surface area contributed by atoms with Crippen molar-refractivity contribution in [2.75, 3.05) is 19.5 Å². The molecule has 0 atom stereocenters. The normalized spacial score (nSPS) is 11.4. The second kappa shape index (κ2) is 3.74. The molecule has 0 amide bonds. The fourth-order valence-corrected chi connectivity index (χ4v) is 1.59. The maximum absolute atomic E-state index is 11.8. The Hall–Kier alpha value is -2.09. The van der Waals surface area contributed by atoms with Gasteiger partial charge in [0.2, 0.25) is 5.95 Å². The number of hydrogen-bond donors (Lipinski definition) is 2. The lowest BCUT2D eigenvalue weighted by Gasteiger charge is -2.08. The molecule has 0 aliphatic heterocycles. The number of nitrogens with zero attached hydrogens (tertiary/aromatic N) is 4. The molecule has 0 unspecified atom stereocenters. The number of anilines is 1. The van der Waals surface area contributed by atoms with Crippen LogP contribution >= 0.6 is 0 Å². The van der Waals surface area contributed by atoms with Crippen LogP contribution in [-0.4, -0.2) is 38.2 Å². The number of fused-ring (bicyclic) bond motifs is 1. The van der Waals surface area contributed by atoms with E-state index in [9.17, 15) is 9.59 Å². The lowest BCUT2D eigenvalue weighted by atomic mass is 10.5. The summed E-state index contributed by atoms with van der Waals surface area (Å²) in [6.45, 7) is 0. The minimum absolute atomic E-state index is 0.305. The van der Waals surface area contributed by atoms with Crippen LogP contribution in [-0.2, 0) is 14.1 Å². The standard InChI is InChI=1S/C9H14N6O2/c1-13(2)12-8-10-5-6(11-8)14(3)9(17)15(4)7(5)16/h1-4H3,(H2,10,11,12). The van der Waals surface area contributed by atoms with Gasteiger partial charge in [-0.05, 0) is 0 Å². The fraction of sp³-hybridized carbons (Fsp3) is 0.444. The highest BCUT2D eigenvalue weighted by Crippen LogP contribution is 2.07. The molecule has 92 valence electrons. The maximum atomic E-state index is 11.8. The molecule has 0 fully saturated rings. The van der Waals surface area contributed by atoms with E-state index in [2.05, 4.69) is 15.4 Å². The molecule has 17 heavy (non-hydrogen) atoms. The third-order valence-electron chi connectivity index (χ3n) is 2.42. The summed E-state index contributed by atoms with van der Waals surface area (Å²) in [5.41, 5.74) is 2.75. The first-order chi connectivity index (χ1) is 7.91. The van der Waals surface area contributed by atoms with E-state index in [4.69, 9.17) is 0 Å². The summed E-state index contributed by atoms with van der Waals surface area (Å²) in [6, 6.07) is 0. The number of rotatable bonds is 2. The molecule has 2 N–H and O–H groups in total. The van der Waals surface area contributed by atoms with E-state index < -0.39 is 5.69 Å². The number of hydrazine groups is 1. The van der Waals surface area contributed by atoms with Gasteiger partial charge in [-0.1, -0.05) is 0 Å². The largest absolute Gasteiger partial charge is 0.332 e. The van der Waals surface area contributed by atoms with Crippen LogP contribution in [0.5, 0.6) is 0 Å². The van der Waals surface area contributed by atoms with Gasteiger partial charge in [0.25, 0.3) is 5.56 Å². The van der Waals surface area contributed by atoms with Crippen LogP contribution in [0.15, 0.2) is 9.59 Å². The van der Waals surface area contributed by atoms with E-state index in [1.165, 1.54) is 11.6 Å². The molecule has 8 nitrogen and oxygen atoms in total. The Kier molecular flexibility index (Phi) is 2.50. The zero-order chi connectivity index (χ0) is 12.7. The van der Waals surface area contributed by atoms with Crippen molar-refractivity contribution in [3.05, 3.63) is 20.8 Å². The molecule has 2 rings (SSSR count). The first-order valence-corrected chi connectivity index (χ1v) is 5.01. The maximum Gasteiger partial charge on any atom is 0.332 e. The second-order valence-corrected chi connectivity index (χ2v) is 4.00. The average molecular weight is 238 g/mol. The van der Waals surface area contributed by atoms with E-state index in [0.717, 1.165) is 4.57 Å². The Balaban J connectivity index is 2.77. The number of aryl methyl sites for hydroxylation is 1. The molecule has 0 aromatic carbocycles. The van der Waals surface area contributed by atoms with Gasteiger partial charge in [-0.15, -0.1) is 0 Å². The molecule has 2 aromatic rings. The number of H-pyrrole nitrogens is 1. The zero-order valence-corrected chi connectivity index (χ0v) is 10.1. The minimum Gasteiger partial charge on any atom is -0.317 e. The summed E-state index contributed by atoms with van der Waals surface area (Å²) in [5.74, 6) is 0.420. The van der Waals surface area contributed by atoms with Crippen LogP contribution < -0.4 is 16.7 Å². The van der Waals surface area contributed by atoms with Crippen molar-refractivity contribution < 1.29 is 0 Å². The van der Waals surface area contributed by atoms with Crippen molar-refractivity contribution in [3.63, 3.8) is 0 Å². The second-order valence-electron chi connectivity index (χ2n) is 4.00. The van der Waals surface area contributed by atoms with Crippen molar-refractivity contribution in [2.24, 2.45) is 14.1 Å². The molecule has 0 saturated heterocycles. The number of aromatic amines is 1. The van der Waals surface area contributed by atoms with Gasteiger partial charge < -0.3 is 4.98 Å². The summed E-state index contributed by atoms with van der Waals surface area (Å²) < 4.78 is 2.37. The Morgan fingerprint density at radius 1 is 1.24 bits per heavy atom. The number of hydrogen-bond acceptors (Lipinski definition) is 5. The van der Waals surface area contributed by atoms with Gasteiger partial charge in [-0.2, -0.15) is 4.98 Å². The fourth-order valence-electron chi connectivity index (χ4n) is 1.59. The molecule has 0 aliphatic rings. The number of aromatic nitrogens is 4. The predicted octanol–water partition coefficient (Wildman–Crippen LogP) is -1.15. The lowest BCUT2D eigenvalue weighted by molar-refractivity contribution is 0.490. The van der Waals surface area contributed by atoms with Crippen LogP contribution in [0.4, 0.5) is 5.95 Å². The van der Waals surface area contributed by atoms with Crippen molar-refractivity contribution in [2.45, 2.75) is 0 Å². The highest BCUT2D eigenvalue weighted by Gasteiger charge is 2.13. The third-order valence-corrected chi connectivity index (χ3v) is 2.42. The molecule has 0 spiro atoms. The molecule has 2 heterocycles. The molecule has 0 saturated carbocycles. The van der Waals surface area contributed by atoms with E-state index in [1.807, 2.05) is 0 Å². The van der Waals surface area contributed by atoms with Crippen molar-refractivity contribution in [1.29, 1.82) is 0 Å². The Bertz CT molecular complexity index is 677. The monoisotopic (exact) mass is 238 g/mol. The van der Waals surface area contributed by atoms with Crippen molar-refractivity contribution >= 4 is 17.1 Å². The van der Waals surface area contributed by atoms with Crippen LogP contribution in [0.1, 0.15) is 0 Å². The smallest absolute Gasteiger partial charge is 0.317 e. The first kappa shape index (κ1) is 11.4. The highest BCUT2D eigenvalue weighted by molar-refractivity contribution is 5.72. The van der Waals surface area contributed by atoms with E-state index >= 15 is 0 Å². The summed E-state index contributed by atoms with van der Waals surface area (Å²) in [6.07, 6.45) is 0. The van der Waals surface area contributed by atoms with Gasteiger partial charge in [-0.25, -0.2) is 9.80 Å². The molecule has 0 aliphatic carbocycles. The van der Waals surface area contributed by atoms with Gasteiger partial charge in [0.15, 0.2) is 11.2 Å². The van der Waals surface area contributed by atoms with E-state index in [0.29, 0.717) is 17.1 Å². The quantitative estimate of drug-likeness (QED) is 0.645. The van der Waals surface area contributed by atoms with Crippen LogP contribution in [0.3, 0.4) is 0 Å². The summed E-state index contributed by atoms with van der Waals surface area (Å²) in [7, 11) is 6.60. The summed E-state index contributed by atoms with van der Waals surface area (Å²) in [5, 5.41) is 1.68. The van der Waals surface area contributed by atoms with Crippen molar-refractivity contribution in [1.82, 2.24) is 24.1 Å². The Morgan fingerprint density at radius 3 is 2.47 bits per heavy atom. The number of nitrogens with one attached hydrogen (secondary N) is 2. The van der Waals surface area contributed by atoms with E-state index in [1.54, 1.807) is 26.2 Å². The molecule has 0 bridgehead atoms. The Morgan fingerprint density at radius 2 is 1.88 bits per heavy atom. The van der Waals surface area contributed by atoms with E-state index in [-0.39, 0.29) is 5.56 Å². The SMILES string of the molecule is CN(C)Nc1nc2c([nH]1)c(=O)n(C)c(=O)n2C. The van der Waals surface area contributed by atoms with Gasteiger partial charge in [0.05, 0.1) is 0 Å². The zero-order valence-electron chi connectivity index (χ0n) is 10.1. The molecule has 8 heteroatoms. The van der Waals surface area contributed by atoms with Gasteiger partial charge in [0, 0.05) is 28.2 Å². The first-order valence-electron chi connectivity index (χ1n) is 5.01. The van der Waals surface area contributed by atoms with Gasteiger partial charge in [-0.3, -0.25) is 19.4 Å². The van der Waals surface area contributed by atoms with Gasteiger partial charge >= 0.3 is 5.69 Å². The summed E-state index contributed by atoms with van der Waals surface area (Å²) in [4.78, 5) is 30.5. The van der Waals surface area contributed by atoms with Crippen molar-refractivity contribution in [3.8, 4) is 0 Å². The molecular formula is C9H14N6O2. The van der Waals surface area contributed by atoms with Crippen LogP contribution in [0.25, 0.3) is 11.2 Å². The third kappa shape index (κ3) is 1.72. The van der Waals surface area contributed by atoms with Crippen LogP contribution in [0, 0.1) is 0 Å². The summed E-state index contributed by atoms with van der Waals surface area (Å²) >= 11 is 0. The van der Waals surface area contributed by atoms with Gasteiger partial charge in [0.1, 0.15) is 0 Å². The Labute approximate surface area is 96.5 Å². The lowest BCUT2D eigenvalue weighted by Crippen LogP contribution is -2.36. The molecular weight excluding hydrogens is 224 g/mol. The minimum atomic E-state index is -0.398. The topological polar surface area (TPSA) is 88.0 Å². The predicted molar refractivity (Wildman–Crippen MR) is 63.9 cm³/mol. The van der Waals surface area contributed by atoms with Crippen LogP contribution in [0.2, 0.25) is 0 Å². The average Bonchev–Trinajstić information content (AvgIpc) is 2.66. The number of imidazole rings is 1.